The minimum atomic E-state index is -0.454. The molecule has 1 saturated heterocycles. The van der Waals surface area contributed by atoms with Gasteiger partial charge in [-0.15, -0.1) is 0 Å². The summed E-state index contributed by atoms with van der Waals surface area (Å²) in [4.78, 5) is 21.3. The molecule has 0 atom stereocenters. The van der Waals surface area contributed by atoms with Crippen LogP contribution in [0.25, 0.3) is 10.9 Å². The number of H-pyrrole nitrogens is 1. The Hall–Kier alpha value is -3.06. The molecule has 6 nitrogen and oxygen atoms in total. The number of ether oxygens (including phenoxy) is 1. The lowest BCUT2D eigenvalue weighted by Crippen LogP contribution is -2.60. The van der Waals surface area contributed by atoms with E-state index >= 15 is 0 Å². The first-order chi connectivity index (χ1) is 17.1. The number of carbonyl (C=O) groups excluding carboxylic acids is 1. The summed E-state index contributed by atoms with van der Waals surface area (Å²) in [6.07, 6.45) is 6.16. The average Bonchev–Trinajstić information content (AvgIpc) is 3.56. The van der Waals surface area contributed by atoms with Gasteiger partial charge in [-0.1, -0.05) is 41.9 Å². The topological polar surface area (TPSA) is 61.7 Å². The fraction of sp³-hybridized carbons (Fsp3) is 0.321. The quantitative estimate of drug-likeness (QED) is 0.339. The van der Waals surface area contributed by atoms with Gasteiger partial charge in [-0.05, 0) is 55.2 Å². The molecule has 1 N–H and O–H groups in total. The zero-order chi connectivity index (χ0) is 24.3. The molecule has 0 bridgehead atoms. The normalized spacial score (nSPS) is 15.9. The Kier molecular flexibility index (Phi) is 6.95. The number of aromatic nitrogens is 1. The first kappa shape index (κ1) is 23.7. The zero-order valence-electron chi connectivity index (χ0n) is 19.9. The summed E-state index contributed by atoms with van der Waals surface area (Å²) in [6.45, 7) is 3.16. The van der Waals surface area contributed by atoms with Gasteiger partial charge in [0.05, 0.1) is 28.9 Å². The number of nitrogens with one attached hydrogen (secondary N) is 1. The molecule has 2 aromatic heterocycles. The minimum Gasteiger partial charge on any atom is -0.459 e. The van der Waals surface area contributed by atoms with Gasteiger partial charge in [0.25, 0.3) is 5.91 Å². The van der Waals surface area contributed by atoms with Crippen LogP contribution >= 0.6 is 11.6 Å². The molecular weight excluding hydrogens is 462 g/mol. The van der Waals surface area contributed by atoms with Crippen molar-refractivity contribution < 1.29 is 13.9 Å². The number of piperidine rings is 1. The molecule has 35 heavy (non-hydrogen) atoms. The smallest absolute Gasteiger partial charge is 0.294 e. The van der Waals surface area contributed by atoms with Gasteiger partial charge < -0.3 is 19.0 Å². The van der Waals surface area contributed by atoms with Gasteiger partial charge in [0, 0.05) is 44.0 Å². The predicted octanol–water partition coefficient (Wildman–Crippen LogP) is 5.78. The number of likely N-dealkylation sites (tertiary alicyclic amines) is 1. The average molecular weight is 492 g/mol. The van der Waals surface area contributed by atoms with E-state index in [1.54, 1.807) is 25.5 Å². The van der Waals surface area contributed by atoms with Gasteiger partial charge in [-0.3, -0.25) is 9.69 Å². The molecule has 3 heterocycles. The molecule has 1 aliphatic rings. The lowest BCUT2D eigenvalue weighted by molar-refractivity contribution is 0.0610. The van der Waals surface area contributed by atoms with Gasteiger partial charge in [0.1, 0.15) is 0 Å². The van der Waals surface area contributed by atoms with E-state index in [1.165, 1.54) is 10.9 Å². The van der Waals surface area contributed by atoms with Crippen LogP contribution < -0.4 is 4.90 Å². The molecule has 0 spiro atoms. The van der Waals surface area contributed by atoms with Crippen molar-refractivity contribution in [3.05, 3.63) is 89.5 Å². The second-order valence-electron chi connectivity index (χ2n) is 9.18. The van der Waals surface area contributed by atoms with E-state index in [-0.39, 0.29) is 5.91 Å². The fourth-order valence-electron chi connectivity index (χ4n) is 5.25. The Labute approximate surface area is 210 Å². The number of methoxy groups -OCH3 is 1. The number of benzene rings is 2. The van der Waals surface area contributed by atoms with Crippen LogP contribution in [0.15, 0.2) is 77.5 Å². The summed E-state index contributed by atoms with van der Waals surface area (Å²) in [5, 5.41) is 1.93. The molecule has 0 unspecified atom stereocenters. The maximum Gasteiger partial charge on any atom is 0.294 e. The van der Waals surface area contributed by atoms with Gasteiger partial charge in [-0.2, -0.15) is 0 Å². The van der Waals surface area contributed by atoms with Crippen LogP contribution in [0.2, 0.25) is 5.02 Å². The largest absolute Gasteiger partial charge is 0.459 e. The monoisotopic (exact) mass is 491 g/mol. The van der Waals surface area contributed by atoms with Crippen molar-refractivity contribution in [3.63, 3.8) is 0 Å². The Morgan fingerprint density at radius 2 is 1.91 bits per heavy atom. The molecule has 1 fully saturated rings. The summed E-state index contributed by atoms with van der Waals surface area (Å²) >= 11 is 6.33. The number of amides is 1. The van der Waals surface area contributed by atoms with Crippen LogP contribution in [-0.2, 0) is 11.2 Å². The van der Waals surface area contributed by atoms with E-state index in [0.29, 0.717) is 12.4 Å². The van der Waals surface area contributed by atoms with Crippen molar-refractivity contribution in [1.29, 1.82) is 0 Å². The summed E-state index contributed by atoms with van der Waals surface area (Å²) in [6, 6.07) is 19.3. The van der Waals surface area contributed by atoms with Crippen LogP contribution in [0, 0.1) is 0 Å². The number of rotatable bonds is 8. The SMILES string of the molecule is COCC1(N(C(=O)c2ccco2)c2ccccc2)CCN(CCc2c[nH]c3c(Cl)cccc23)CC1. The maximum atomic E-state index is 13.6. The molecule has 1 aliphatic heterocycles. The van der Waals surface area contributed by atoms with Crippen LogP contribution in [0.4, 0.5) is 5.69 Å². The van der Waals surface area contributed by atoms with Gasteiger partial charge in [0.15, 0.2) is 5.76 Å². The third-order valence-corrected chi connectivity index (χ3v) is 7.39. The Morgan fingerprint density at radius 1 is 1.11 bits per heavy atom. The highest BCUT2D eigenvalue weighted by molar-refractivity contribution is 6.35. The van der Waals surface area contributed by atoms with E-state index in [4.69, 9.17) is 20.8 Å². The molecule has 0 radical (unpaired) electrons. The summed E-state index contributed by atoms with van der Waals surface area (Å²) in [5.74, 6) is 0.201. The molecule has 5 rings (SSSR count). The predicted molar refractivity (Wildman–Crippen MR) is 139 cm³/mol. The molecule has 0 aliphatic carbocycles. The Bertz CT molecular complexity index is 1260. The third-order valence-electron chi connectivity index (χ3n) is 7.07. The van der Waals surface area contributed by atoms with Crippen molar-refractivity contribution in [2.24, 2.45) is 0 Å². The standard InChI is InChI=1S/C28H30ClN3O3/c1-34-20-28(32(22-7-3-2-4-8-22)27(33)25-11-6-18-35-25)13-16-31(17-14-28)15-12-21-19-30-26-23(21)9-5-10-24(26)29/h2-11,18-19,30H,12-17,20H2,1H3. The second-order valence-corrected chi connectivity index (χ2v) is 9.59. The van der Waals surface area contributed by atoms with Crippen LogP contribution in [-0.4, -0.2) is 54.7 Å². The molecule has 4 aromatic rings. The van der Waals surface area contributed by atoms with Gasteiger partial charge in [-0.25, -0.2) is 0 Å². The number of aromatic amines is 1. The van der Waals surface area contributed by atoms with Crippen molar-refractivity contribution in [2.45, 2.75) is 24.8 Å². The van der Waals surface area contributed by atoms with Crippen LogP contribution in [0.1, 0.15) is 29.0 Å². The molecule has 7 heteroatoms. The first-order valence-electron chi connectivity index (χ1n) is 12.0. The van der Waals surface area contributed by atoms with Crippen molar-refractivity contribution in [2.75, 3.05) is 38.3 Å². The number of carbonyl (C=O) groups is 1. The molecule has 2 aromatic carbocycles. The Balaban J connectivity index is 1.34. The number of furan rings is 1. The number of para-hydroxylation sites is 2. The van der Waals surface area contributed by atoms with E-state index in [2.05, 4.69) is 22.1 Å². The molecular formula is C28H30ClN3O3. The van der Waals surface area contributed by atoms with Crippen LogP contribution in [0.3, 0.4) is 0 Å². The molecule has 1 amide bonds. The maximum absolute atomic E-state index is 13.6. The first-order valence-corrected chi connectivity index (χ1v) is 12.4. The molecule has 182 valence electrons. The van der Waals surface area contributed by atoms with E-state index in [9.17, 15) is 4.79 Å². The number of nitrogens with zero attached hydrogens (tertiary/aromatic N) is 2. The van der Waals surface area contributed by atoms with E-state index < -0.39 is 5.54 Å². The number of hydrogen-bond donors (Lipinski definition) is 1. The number of anilines is 1. The summed E-state index contributed by atoms with van der Waals surface area (Å²) in [7, 11) is 1.71. The Morgan fingerprint density at radius 3 is 2.63 bits per heavy atom. The molecule has 0 saturated carbocycles. The minimum absolute atomic E-state index is 0.137. The highest BCUT2D eigenvalue weighted by atomic mass is 35.5. The van der Waals surface area contributed by atoms with Crippen molar-refractivity contribution in [3.8, 4) is 0 Å². The van der Waals surface area contributed by atoms with E-state index in [1.807, 2.05) is 47.4 Å². The summed E-state index contributed by atoms with van der Waals surface area (Å²) in [5.41, 5.74) is 2.67. The number of halogens is 1. The van der Waals surface area contributed by atoms with Crippen molar-refractivity contribution in [1.82, 2.24) is 9.88 Å². The van der Waals surface area contributed by atoms with Gasteiger partial charge >= 0.3 is 0 Å². The van der Waals surface area contributed by atoms with Crippen LogP contribution in [0.5, 0.6) is 0 Å². The van der Waals surface area contributed by atoms with E-state index in [0.717, 1.165) is 55.1 Å². The highest BCUT2D eigenvalue weighted by Crippen LogP contribution is 2.35. The fourth-order valence-corrected chi connectivity index (χ4v) is 5.48. The van der Waals surface area contributed by atoms with Crippen molar-refractivity contribution >= 4 is 34.1 Å². The lowest BCUT2D eigenvalue weighted by Gasteiger charge is -2.48. The highest BCUT2D eigenvalue weighted by Gasteiger charge is 2.44. The van der Waals surface area contributed by atoms with Gasteiger partial charge in [0.2, 0.25) is 0 Å². The zero-order valence-corrected chi connectivity index (χ0v) is 20.6. The number of hydrogen-bond acceptors (Lipinski definition) is 4. The number of fused-ring (bicyclic) bond motifs is 1. The second kappa shape index (κ2) is 10.3. The third kappa shape index (κ3) is 4.74. The lowest BCUT2D eigenvalue weighted by atomic mass is 9.85. The summed E-state index contributed by atoms with van der Waals surface area (Å²) < 4.78 is 11.2.